The second-order valence-electron chi connectivity index (χ2n) is 6.70. The summed E-state index contributed by atoms with van der Waals surface area (Å²) in [5.74, 6) is -0.574. The van der Waals surface area contributed by atoms with Gasteiger partial charge < -0.3 is 16.0 Å². The van der Waals surface area contributed by atoms with Gasteiger partial charge in [0.1, 0.15) is 16.5 Å². The molecule has 1 saturated heterocycles. The Morgan fingerprint density at radius 2 is 2.07 bits per heavy atom. The van der Waals surface area contributed by atoms with Crippen molar-refractivity contribution in [3.8, 4) is 0 Å². The largest absolute Gasteiger partial charge is 0.352 e. The van der Waals surface area contributed by atoms with Crippen LogP contribution >= 0.6 is 23.7 Å². The van der Waals surface area contributed by atoms with Crippen molar-refractivity contribution in [3.05, 3.63) is 51.2 Å². The normalized spacial score (nSPS) is 14.5. The number of aryl methyl sites for hydroxylation is 1. The van der Waals surface area contributed by atoms with E-state index in [9.17, 15) is 14.0 Å². The average molecular weight is 427 g/mol. The first-order valence-electron chi connectivity index (χ1n) is 8.94. The van der Waals surface area contributed by atoms with Crippen LogP contribution in [0, 0.1) is 18.7 Å². The molecule has 2 heterocycles. The fourth-order valence-electron chi connectivity index (χ4n) is 3.09. The maximum atomic E-state index is 13.6. The van der Waals surface area contributed by atoms with Crippen LogP contribution in [0.15, 0.2) is 23.6 Å². The molecule has 1 aliphatic heterocycles. The van der Waals surface area contributed by atoms with E-state index in [4.69, 9.17) is 5.73 Å². The smallest absolute Gasteiger partial charge is 0.273 e. The lowest BCUT2D eigenvalue weighted by Gasteiger charge is -2.31. The first-order valence-corrected chi connectivity index (χ1v) is 9.82. The molecule has 0 spiro atoms. The molecule has 1 aromatic carbocycles. The Balaban J connectivity index is 0.00000280. The monoisotopic (exact) mass is 426 g/mol. The molecule has 0 radical (unpaired) electrons. The van der Waals surface area contributed by atoms with Crippen molar-refractivity contribution < 1.29 is 14.0 Å². The van der Waals surface area contributed by atoms with Crippen molar-refractivity contribution in [3.63, 3.8) is 0 Å². The van der Waals surface area contributed by atoms with Gasteiger partial charge in [0.05, 0.1) is 0 Å². The third-order valence-corrected chi connectivity index (χ3v) is 5.67. The number of carbonyl (C=O) groups is 2. The molecule has 1 aliphatic rings. The summed E-state index contributed by atoms with van der Waals surface area (Å²) in [6, 6.07) is 4.96. The van der Waals surface area contributed by atoms with Crippen LogP contribution in [-0.4, -0.2) is 34.8 Å². The van der Waals surface area contributed by atoms with Crippen LogP contribution in [0.2, 0.25) is 0 Å². The highest BCUT2D eigenvalue weighted by Crippen LogP contribution is 2.20. The Morgan fingerprint density at radius 3 is 2.68 bits per heavy atom. The van der Waals surface area contributed by atoms with Gasteiger partial charge in [-0.25, -0.2) is 9.37 Å². The van der Waals surface area contributed by atoms with Crippen molar-refractivity contribution in [2.24, 2.45) is 11.7 Å². The maximum absolute atomic E-state index is 13.6. The SMILES string of the molecule is Cc1ccc(CNC(=O)C2CCN(C(=O)c3csc(CN)n3)CC2)cc1F.Cl. The van der Waals surface area contributed by atoms with Crippen LogP contribution in [0.5, 0.6) is 0 Å². The third-order valence-electron chi connectivity index (χ3n) is 4.80. The Labute approximate surface area is 173 Å². The van der Waals surface area contributed by atoms with Crippen molar-refractivity contribution in [2.45, 2.75) is 32.9 Å². The first-order chi connectivity index (χ1) is 13.0. The number of hydrogen-bond donors (Lipinski definition) is 2. The van der Waals surface area contributed by atoms with Gasteiger partial charge in [0.2, 0.25) is 5.91 Å². The van der Waals surface area contributed by atoms with Gasteiger partial charge >= 0.3 is 0 Å². The number of likely N-dealkylation sites (tertiary alicyclic amines) is 1. The molecule has 3 rings (SSSR count). The van der Waals surface area contributed by atoms with Gasteiger partial charge in [0, 0.05) is 37.5 Å². The minimum atomic E-state index is -0.270. The third kappa shape index (κ3) is 5.27. The molecular formula is C19H24ClFN4O2S. The summed E-state index contributed by atoms with van der Waals surface area (Å²) in [7, 11) is 0. The van der Waals surface area contributed by atoms with Crippen LogP contribution in [0.3, 0.4) is 0 Å². The summed E-state index contributed by atoms with van der Waals surface area (Å²) in [5.41, 5.74) is 7.28. The Hall–Kier alpha value is -2.03. The molecule has 0 saturated carbocycles. The van der Waals surface area contributed by atoms with E-state index in [0.29, 0.717) is 50.3 Å². The molecule has 9 heteroatoms. The number of aromatic nitrogens is 1. The maximum Gasteiger partial charge on any atom is 0.273 e. The molecule has 0 bridgehead atoms. The molecule has 6 nitrogen and oxygen atoms in total. The number of nitrogens with zero attached hydrogens (tertiary/aromatic N) is 2. The van der Waals surface area contributed by atoms with Crippen LogP contribution < -0.4 is 11.1 Å². The molecule has 3 N–H and O–H groups in total. The zero-order chi connectivity index (χ0) is 19.4. The second-order valence-corrected chi connectivity index (χ2v) is 7.64. The number of carbonyl (C=O) groups excluding carboxylic acids is 2. The van der Waals surface area contributed by atoms with E-state index < -0.39 is 0 Å². The number of thiazole rings is 1. The summed E-state index contributed by atoms with van der Waals surface area (Å²) in [4.78, 5) is 30.8. The summed E-state index contributed by atoms with van der Waals surface area (Å²) >= 11 is 1.38. The number of rotatable bonds is 5. The summed E-state index contributed by atoms with van der Waals surface area (Å²) in [6.45, 7) is 3.37. The summed E-state index contributed by atoms with van der Waals surface area (Å²) < 4.78 is 13.6. The zero-order valence-electron chi connectivity index (χ0n) is 15.6. The van der Waals surface area contributed by atoms with E-state index >= 15 is 0 Å². The molecule has 2 amide bonds. The number of benzene rings is 1. The van der Waals surface area contributed by atoms with E-state index in [-0.39, 0.29) is 36.0 Å². The molecule has 0 atom stereocenters. The number of amides is 2. The van der Waals surface area contributed by atoms with Crippen LogP contribution in [-0.2, 0) is 17.9 Å². The molecule has 0 unspecified atom stereocenters. The van der Waals surface area contributed by atoms with E-state index in [1.54, 1.807) is 23.3 Å². The minimum Gasteiger partial charge on any atom is -0.352 e. The molecule has 0 aliphatic carbocycles. The van der Waals surface area contributed by atoms with Gasteiger partial charge in [0.25, 0.3) is 5.91 Å². The number of hydrogen-bond acceptors (Lipinski definition) is 5. The fraction of sp³-hybridized carbons (Fsp3) is 0.421. The van der Waals surface area contributed by atoms with Gasteiger partial charge in [-0.1, -0.05) is 12.1 Å². The van der Waals surface area contributed by atoms with Crippen LogP contribution in [0.4, 0.5) is 4.39 Å². The Morgan fingerprint density at radius 1 is 1.36 bits per heavy atom. The molecule has 2 aromatic rings. The number of halogens is 2. The van der Waals surface area contributed by atoms with Gasteiger partial charge in [-0.2, -0.15) is 0 Å². The summed E-state index contributed by atoms with van der Waals surface area (Å²) in [5, 5.41) is 5.33. The number of nitrogens with one attached hydrogen (secondary N) is 1. The fourth-order valence-corrected chi connectivity index (χ4v) is 3.74. The van der Waals surface area contributed by atoms with Crippen molar-refractivity contribution in [1.29, 1.82) is 0 Å². The standard InChI is InChI=1S/C19H23FN4O2S.ClH/c1-12-2-3-13(8-15(12)20)10-22-18(25)14-4-6-24(7-5-14)19(26)16-11-27-17(9-21)23-16;/h2-3,8,11,14H,4-7,9-10,21H2,1H3,(H,22,25);1H. The molecule has 1 aromatic heterocycles. The van der Waals surface area contributed by atoms with Gasteiger partial charge in [-0.05, 0) is 37.0 Å². The number of piperidine rings is 1. The lowest BCUT2D eigenvalue weighted by atomic mass is 9.95. The van der Waals surface area contributed by atoms with E-state index in [1.165, 1.54) is 17.4 Å². The predicted octanol–water partition coefficient (Wildman–Crippen LogP) is 2.64. The minimum absolute atomic E-state index is 0. The molecule has 1 fully saturated rings. The van der Waals surface area contributed by atoms with Crippen LogP contribution in [0.25, 0.3) is 0 Å². The molecule has 28 heavy (non-hydrogen) atoms. The molecular weight excluding hydrogens is 403 g/mol. The highest BCUT2D eigenvalue weighted by atomic mass is 35.5. The molecule has 152 valence electrons. The quantitative estimate of drug-likeness (QED) is 0.769. The van der Waals surface area contributed by atoms with Crippen LogP contribution in [0.1, 0.15) is 39.5 Å². The van der Waals surface area contributed by atoms with Crippen molar-refractivity contribution in [1.82, 2.24) is 15.2 Å². The van der Waals surface area contributed by atoms with Gasteiger partial charge in [0.15, 0.2) is 0 Å². The van der Waals surface area contributed by atoms with Gasteiger partial charge in [-0.15, -0.1) is 23.7 Å². The summed E-state index contributed by atoms with van der Waals surface area (Å²) in [6.07, 6.45) is 1.21. The Kier molecular flexibility index (Phi) is 7.91. The van der Waals surface area contributed by atoms with Crippen molar-refractivity contribution in [2.75, 3.05) is 13.1 Å². The lowest BCUT2D eigenvalue weighted by Crippen LogP contribution is -2.43. The highest BCUT2D eigenvalue weighted by molar-refractivity contribution is 7.09. The predicted molar refractivity (Wildman–Crippen MR) is 109 cm³/mol. The van der Waals surface area contributed by atoms with E-state index in [2.05, 4.69) is 10.3 Å². The lowest BCUT2D eigenvalue weighted by molar-refractivity contribution is -0.126. The van der Waals surface area contributed by atoms with Gasteiger partial charge in [-0.3, -0.25) is 9.59 Å². The van der Waals surface area contributed by atoms with Crippen molar-refractivity contribution >= 4 is 35.6 Å². The zero-order valence-corrected chi connectivity index (χ0v) is 17.2. The first kappa shape index (κ1) is 22.3. The average Bonchev–Trinajstić information content (AvgIpc) is 3.17. The topological polar surface area (TPSA) is 88.3 Å². The van der Waals surface area contributed by atoms with E-state index in [0.717, 1.165) is 10.6 Å². The van der Waals surface area contributed by atoms with E-state index in [1.807, 2.05) is 6.07 Å². The number of nitrogens with two attached hydrogens (primary N) is 1. The Bertz CT molecular complexity index is 837. The highest BCUT2D eigenvalue weighted by Gasteiger charge is 2.28. The second kappa shape index (κ2) is 9.95.